The molecule has 10 heteroatoms. The van der Waals surface area contributed by atoms with Gasteiger partial charge in [0.2, 0.25) is 11.8 Å². The van der Waals surface area contributed by atoms with E-state index in [1.807, 2.05) is 40.7 Å². The molecule has 0 aliphatic carbocycles. The maximum atomic E-state index is 13.0. The van der Waals surface area contributed by atoms with Crippen LogP contribution in [-0.4, -0.2) is 59.8 Å². The molecule has 3 aromatic rings. The Labute approximate surface area is 224 Å². The van der Waals surface area contributed by atoms with Gasteiger partial charge in [-0.3, -0.25) is 4.79 Å². The molecule has 1 aromatic carbocycles. The lowest BCUT2D eigenvalue weighted by atomic mass is 10.0. The van der Waals surface area contributed by atoms with Gasteiger partial charge in [-0.05, 0) is 37.6 Å². The summed E-state index contributed by atoms with van der Waals surface area (Å²) in [7, 11) is 0.469. The predicted molar refractivity (Wildman–Crippen MR) is 148 cm³/mol. The fraction of sp³-hybridized carbons (Fsp3) is 0.519. The summed E-state index contributed by atoms with van der Waals surface area (Å²) in [6, 6.07) is 10.6. The standard InChI is InChI=1S/C27H37ClN4O4Si/c1-18(20-7-9-22(34-3)10-8-20)32-15-21(13-25(32)33)19(2)36-27-26-23(14-24(28)30-27)29-16-31(26)17-35-11-12-37(4,5)6/h7-10,14,16,18-19,21H,11-13,15,17H2,1-6H3/t18-,19-,21?/m1/s1. The highest BCUT2D eigenvalue weighted by molar-refractivity contribution is 6.76. The van der Waals surface area contributed by atoms with Gasteiger partial charge in [0.15, 0.2) is 0 Å². The second-order valence-corrected chi connectivity index (χ2v) is 17.0. The van der Waals surface area contributed by atoms with Crippen LogP contribution < -0.4 is 9.47 Å². The number of amides is 1. The second-order valence-electron chi connectivity index (χ2n) is 11.0. The highest BCUT2D eigenvalue weighted by Gasteiger charge is 2.37. The molecule has 37 heavy (non-hydrogen) atoms. The fourth-order valence-corrected chi connectivity index (χ4v) is 5.47. The zero-order chi connectivity index (χ0) is 26.7. The van der Waals surface area contributed by atoms with Crippen molar-refractivity contribution < 1.29 is 19.0 Å². The second kappa shape index (κ2) is 11.4. The fourth-order valence-electron chi connectivity index (χ4n) is 4.54. The number of methoxy groups -OCH3 is 1. The third kappa shape index (κ3) is 6.63. The molecule has 0 saturated carbocycles. The quantitative estimate of drug-likeness (QED) is 0.173. The summed E-state index contributed by atoms with van der Waals surface area (Å²) in [4.78, 5) is 23.8. The van der Waals surface area contributed by atoms with Crippen molar-refractivity contribution >= 4 is 36.6 Å². The van der Waals surface area contributed by atoms with Crippen LogP contribution in [0.1, 0.15) is 31.9 Å². The number of likely N-dealkylation sites (tertiary alicyclic amines) is 1. The molecule has 200 valence electrons. The number of carbonyl (C=O) groups is 1. The van der Waals surface area contributed by atoms with Crippen LogP contribution in [0.4, 0.5) is 0 Å². The summed E-state index contributed by atoms with van der Waals surface area (Å²) >= 11 is 6.29. The number of imidazole rings is 1. The number of halogens is 1. The molecule has 4 rings (SSSR count). The number of carbonyl (C=O) groups excluding carboxylic acids is 1. The minimum absolute atomic E-state index is 0.0217. The molecule has 8 nitrogen and oxygen atoms in total. The van der Waals surface area contributed by atoms with Gasteiger partial charge in [-0.2, -0.15) is 4.98 Å². The van der Waals surface area contributed by atoms with Crippen molar-refractivity contribution in [2.24, 2.45) is 5.92 Å². The van der Waals surface area contributed by atoms with Crippen molar-refractivity contribution in [2.45, 2.75) is 64.8 Å². The highest BCUT2D eigenvalue weighted by Crippen LogP contribution is 2.33. The molecule has 2 aromatic heterocycles. The molecule has 1 amide bonds. The molecule has 3 heterocycles. The van der Waals surface area contributed by atoms with Gasteiger partial charge in [-0.15, -0.1) is 0 Å². The lowest BCUT2D eigenvalue weighted by Gasteiger charge is -2.26. The van der Waals surface area contributed by atoms with E-state index in [2.05, 4.69) is 36.5 Å². The maximum absolute atomic E-state index is 13.0. The lowest BCUT2D eigenvalue weighted by molar-refractivity contribution is -0.129. The number of benzene rings is 1. The smallest absolute Gasteiger partial charge is 0.242 e. The monoisotopic (exact) mass is 544 g/mol. The van der Waals surface area contributed by atoms with E-state index < -0.39 is 8.07 Å². The average Bonchev–Trinajstić information content (AvgIpc) is 3.44. The first kappa shape index (κ1) is 27.4. The highest BCUT2D eigenvalue weighted by atomic mass is 35.5. The number of nitrogens with zero attached hydrogens (tertiary/aromatic N) is 4. The first-order chi connectivity index (χ1) is 17.6. The summed E-state index contributed by atoms with van der Waals surface area (Å²) in [6.07, 6.45) is 1.90. The molecule has 0 bridgehead atoms. The van der Waals surface area contributed by atoms with E-state index in [0.29, 0.717) is 42.9 Å². The number of ether oxygens (including phenoxy) is 3. The Morgan fingerprint density at radius 3 is 2.59 bits per heavy atom. The predicted octanol–water partition coefficient (Wildman–Crippen LogP) is 5.78. The van der Waals surface area contributed by atoms with Gasteiger partial charge in [-0.25, -0.2) is 4.98 Å². The third-order valence-electron chi connectivity index (χ3n) is 6.98. The number of fused-ring (bicyclic) bond motifs is 1. The average molecular weight is 545 g/mol. The molecule has 0 spiro atoms. The van der Waals surface area contributed by atoms with Crippen molar-refractivity contribution in [1.82, 2.24) is 19.4 Å². The zero-order valence-electron chi connectivity index (χ0n) is 22.5. The Morgan fingerprint density at radius 1 is 1.19 bits per heavy atom. The van der Waals surface area contributed by atoms with Gasteiger partial charge in [0, 0.05) is 39.6 Å². The van der Waals surface area contributed by atoms with Gasteiger partial charge in [0.1, 0.15) is 29.3 Å². The van der Waals surface area contributed by atoms with E-state index in [-0.39, 0.29) is 24.0 Å². The van der Waals surface area contributed by atoms with Crippen LogP contribution in [0.3, 0.4) is 0 Å². The van der Waals surface area contributed by atoms with Gasteiger partial charge in [-0.1, -0.05) is 43.4 Å². The minimum Gasteiger partial charge on any atom is -0.497 e. The van der Waals surface area contributed by atoms with Crippen LogP contribution in [0.2, 0.25) is 30.8 Å². The van der Waals surface area contributed by atoms with Gasteiger partial charge in [0.05, 0.1) is 25.0 Å². The van der Waals surface area contributed by atoms with Crippen LogP contribution in [-0.2, 0) is 16.3 Å². The van der Waals surface area contributed by atoms with E-state index in [0.717, 1.165) is 22.9 Å². The summed E-state index contributed by atoms with van der Waals surface area (Å²) in [5.74, 6) is 1.35. The molecule has 1 unspecified atom stereocenters. The minimum atomic E-state index is -1.18. The van der Waals surface area contributed by atoms with E-state index in [4.69, 9.17) is 25.8 Å². The molecular formula is C27H37ClN4O4Si. The van der Waals surface area contributed by atoms with Crippen molar-refractivity contribution in [3.8, 4) is 11.6 Å². The molecule has 1 aliphatic rings. The molecular weight excluding hydrogens is 508 g/mol. The van der Waals surface area contributed by atoms with Gasteiger partial charge >= 0.3 is 0 Å². The Bertz CT molecular complexity index is 1230. The molecule has 0 N–H and O–H groups in total. The molecule has 1 fully saturated rings. The van der Waals surface area contributed by atoms with Crippen LogP contribution in [0.15, 0.2) is 36.7 Å². The van der Waals surface area contributed by atoms with E-state index in [1.54, 1.807) is 19.5 Å². The Kier molecular flexibility index (Phi) is 8.45. The number of pyridine rings is 1. The SMILES string of the molecule is COc1ccc([C@@H](C)N2CC([C@@H](C)Oc3nc(Cl)cc4ncn(COCC[Si](C)(C)C)c34)CC2=O)cc1. The third-order valence-corrected chi connectivity index (χ3v) is 8.87. The number of hydrogen-bond donors (Lipinski definition) is 0. The van der Waals surface area contributed by atoms with Crippen molar-refractivity contribution in [1.29, 1.82) is 0 Å². The molecule has 0 radical (unpaired) electrons. The summed E-state index contributed by atoms with van der Waals surface area (Å²) in [5.41, 5.74) is 2.52. The molecule has 1 saturated heterocycles. The van der Waals surface area contributed by atoms with Gasteiger partial charge in [0.25, 0.3) is 0 Å². The molecule has 3 atom stereocenters. The van der Waals surface area contributed by atoms with E-state index >= 15 is 0 Å². The van der Waals surface area contributed by atoms with Gasteiger partial charge < -0.3 is 23.7 Å². The first-order valence-electron chi connectivity index (χ1n) is 12.7. The first-order valence-corrected chi connectivity index (χ1v) is 16.8. The topological polar surface area (TPSA) is 78.7 Å². The van der Waals surface area contributed by atoms with Crippen LogP contribution in [0, 0.1) is 5.92 Å². The van der Waals surface area contributed by atoms with Crippen molar-refractivity contribution in [3.63, 3.8) is 0 Å². The number of aromatic nitrogens is 3. The Balaban J connectivity index is 1.45. The maximum Gasteiger partial charge on any atom is 0.242 e. The van der Waals surface area contributed by atoms with Crippen LogP contribution in [0.5, 0.6) is 11.6 Å². The lowest BCUT2D eigenvalue weighted by Crippen LogP contribution is -2.31. The van der Waals surface area contributed by atoms with Crippen molar-refractivity contribution in [3.05, 3.63) is 47.4 Å². The Hall–Kier alpha value is -2.62. The van der Waals surface area contributed by atoms with Crippen LogP contribution in [0.25, 0.3) is 11.0 Å². The summed E-state index contributed by atoms with van der Waals surface area (Å²) in [6.45, 7) is 12.7. The van der Waals surface area contributed by atoms with E-state index in [9.17, 15) is 4.79 Å². The zero-order valence-corrected chi connectivity index (χ0v) is 24.3. The van der Waals surface area contributed by atoms with Crippen molar-refractivity contribution in [2.75, 3.05) is 20.3 Å². The normalized spacial score (nSPS) is 17.9. The molecule has 1 aliphatic heterocycles. The Morgan fingerprint density at radius 2 is 1.92 bits per heavy atom. The van der Waals surface area contributed by atoms with E-state index in [1.165, 1.54) is 0 Å². The largest absolute Gasteiger partial charge is 0.497 e. The number of hydrogen-bond acceptors (Lipinski definition) is 6. The van der Waals surface area contributed by atoms with Crippen LogP contribution >= 0.6 is 11.6 Å². The summed E-state index contributed by atoms with van der Waals surface area (Å²) < 4.78 is 19.5. The summed E-state index contributed by atoms with van der Waals surface area (Å²) in [5, 5.41) is 0.317. The number of rotatable bonds is 11.